The zero-order valence-electron chi connectivity index (χ0n) is 4.89. The van der Waals surface area contributed by atoms with Crippen LogP contribution in [-0.2, 0) is 9.59 Å². The molecule has 0 heterocycles. The molecule has 0 aliphatic carbocycles. The lowest BCUT2D eigenvalue weighted by molar-refractivity contribution is -0.191. The summed E-state index contributed by atoms with van der Waals surface area (Å²) in [6.45, 7) is 7.93. The molecule has 0 unspecified atom stereocenters. The van der Waals surface area contributed by atoms with Crippen LogP contribution in [0.4, 0.5) is 0 Å². The maximum Gasteiger partial charge on any atom is 0.373 e. The van der Waals surface area contributed by atoms with Crippen molar-refractivity contribution in [3.63, 3.8) is 0 Å². The van der Waals surface area contributed by atoms with Gasteiger partial charge in [-0.05, 0) is 6.92 Å². The molecule has 0 aromatic heterocycles. The van der Waals surface area contributed by atoms with Gasteiger partial charge in [-0.1, -0.05) is 0 Å². The minimum atomic E-state index is 0.250. The Morgan fingerprint density at radius 3 is 1.50 bits per heavy atom. The summed E-state index contributed by atoms with van der Waals surface area (Å²) in [6, 6.07) is 0. The summed E-state index contributed by atoms with van der Waals surface area (Å²) in [5, 5.41) is 7.57. The molecule has 0 radical (unpaired) electrons. The quantitative estimate of drug-likeness (QED) is 0.463. The van der Waals surface area contributed by atoms with Crippen molar-refractivity contribution < 1.29 is 14.7 Å². The normalized spacial score (nSPS) is 3.75. The molecule has 0 saturated heterocycles. The first kappa shape index (κ1) is 15.7. The van der Waals surface area contributed by atoms with Crippen LogP contribution in [0.15, 0.2) is 13.2 Å². The van der Waals surface area contributed by atoms with E-state index < -0.39 is 0 Å². The highest BCUT2D eigenvalue weighted by Gasteiger charge is 1.34. The summed E-state index contributed by atoms with van der Waals surface area (Å²) in [5.41, 5.74) is 0. The fraction of sp³-hybridized carbons (Fsp3) is 0.400. The lowest BCUT2D eigenvalue weighted by Gasteiger charge is -1.52. The van der Waals surface area contributed by atoms with E-state index >= 15 is 0 Å². The highest BCUT2D eigenvalue weighted by Crippen LogP contribution is 1.30. The van der Waals surface area contributed by atoms with E-state index in [-0.39, 0.29) is 12.8 Å². The summed E-state index contributed by atoms with van der Waals surface area (Å²) in [4.78, 5) is 16.2. The van der Waals surface area contributed by atoms with E-state index in [2.05, 4.69) is 13.2 Å². The summed E-state index contributed by atoms with van der Waals surface area (Å²) >= 11 is 0. The van der Waals surface area contributed by atoms with Gasteiger partial charge in [0, 0.05) is 6.61 Å². The van der Waals surface area contributed by atoms with Gasteiger partial charge in [0.1, 0.15) is 0 Å². The van der Waals surface area contributed by atoms with Gasteiger partial charge in [-0.25, -0.2) is 0 Å². The fourth-order valence-corrected chi connectivity index (χ4v) is 0. The van der Waals surface area contributed by atoms with Crippen molar-refractivity contribution in [1.29, 1.82) is 0 Å². The molecule has 0 aromatic rings. The second kappa shape index (κ2) is 135. The average molecular weight is 118 g/mol. The molecule has 0 amide bonds. The predicted octanol–water partition coefficient (Wildman–Crippen LogP) is 0.217. The second-order valence-corrected chi connectivity index (χ2v) is 0.400. The Bertz CT molecular complexity index is 45.6. The van der Waals surface area contributed by atoms with Crippen LogP contribution in [0, 0.1) is 0 Å². The Kier molecular flexibility index (Phi) is 264. The Morgan fingerprint density at radius 2 is 1.50 bits per heavy atom. The molecule has 0 bridgehead atoms. The van der Waals surface area contributed by atoms with Crippen LogP contribution in [0.2, 0.25) is 0 Å². The number of hydrogen-bond donors (Lipinski definition) is 1. The maximum atomic E-state index is 8.12. The molecule has 0 fully saturated rings. The van der Waals surface area contributed by atoms with E-state index in [1.807, 2.05) is 0 Å². The van der Waals surface area contributed by atoms with Gasteiger partial charge >= 0.3 is 6.15 Å². The highest BCUT2D eigenvalue weighted by atomic mass is 16.2. The first-order valence-electron chi connectivity index (χ1n) is 1.93. The predicted molar refractivity (Wildman–Crippen MR) is 29.0 cm³/mol. The van der Waals surface area contributed by atoms with Crippen LogP contribution >= 0.6 is 0 Å². The van der Waals surface area contributed by atoms with E-state index in [1.54, 1.807) is 6.92 Å². The van der Waals surface area contributed by atoms with Gasteiger partial charge in [0.2, 0.25) is 0 Å². The van der Waals surface area contributed by atoms with E-state index in [0.717, 1.165) is 0 Å². The van der Waals surface area contributed by atoms with Crippen molar-refractivity contribution >= 4 is 6.15 Å². The van der Waals surface area contributed by atoms with Gasteiger partial charge in [0.25, 0.3) is 0 Å². The first-order valence-corrected chi connectivity index (χ1v) is 1.93. The molecule has 0 spiro atoms. The topological polar surface area (TPSA) is 54.4 Å². The largest absolute Gasteiger partial charge is 0.397 e. The molecule has 48 valence electrons. The molecule has 0 aromatic carbocycles. The molecule has 0 aliphatic rings. The lowest BCUT2D eigenvalue weighted by Crippen LogP contribution is -1.57. The minimum Gasteiger partial charge on any atom is -0.397 e. The van der Waals surface area contributed by atoms with Crippen molar-refractivity contribution in [3.8, 4) is 0 Å². The number of aliphatic hydroxyl groups excluding tert-OH is 1. The Labute approximate surface area is 48.6 Å². The Balaban J connectivity index is -0.0000000483. The zero-order chi connectivity index (χ0) is 7.41. The van der Waals surface area contributed by atoms with Crippen molar-refractivity contribution in [2.45, 2.75) is 6.92 Å². The van der Waals surface area contributed by atoms with Crippen molar-refractivity contribution in [2.75, 3.05) is 6.61 Å². The van der Waals surface area contributed by atoms with Crippen LogP contribution in [0.1, 0.15) is 6.92 Å². The summed E-state index contributed by atoms with van der Waals surface area (Å²) in [7, 11) is 0. The standard InChI is InChI=1S/C2H6O.C2H4.CO2/c1-2-3;1-2;2-1-3/h3H,2H2,1H3;1-2H2;. The first-order chi connectivity index (χ1) is 3.83. The fourth-order valence-electron chi connectivity index (χ4n) is 0. The minimum absolute atomic E-state index is 0.250. The van der Waals surface area contributed by atoms with E-state index in [9.17, 15) is 0 Å². The zero-order valence-corrected chi connectivity index (χ0v) is 4.89. The number of hydrogen-bond acceptors (Lipinski definition) is 3. The van der Waals surface area contributed by atoms with E-state index in [1.165, 1.54) is 0 Å². The molecule has 3 nitrogen and oxygen atoms in total. The molecule has 3 heteroatoms. The van der Waals surface area contributed by atoms with Crippen LogP contribution in [0.3, 0.4) is 0 Å². The SMILES string of the molecule is C=C.CCO.O=C=O. The second-order valence-electron chi connectivity index (χ2n) is 0.400. The third-order valence-electron chi connectivity index (χ3n) is 0. The van der Waals surface area contributed by atoms with Gasteiger partial charge in [0.15, 0.2) is 0 Å². The Hall–Kier alpha value is -0.920. The molecule has 1 N–H and O–H groups in total. The summed E-state index contributed by atoms with van der Waals surface area (Å²) < 4.78 is 0. The van der Waals surface area contributed by atoms with Crippen molar-refractivity contribution in [3.05, 3.63) is 13.2 Å². The van der Waals surface area contributed by atoms with Gasteiger partial charge < -0.3 is 5.11 Å². The van der Waals surface area contributed by atoms with Gasteiger partial charge in [-0.2, -0.15) is 9.59 Å². The number of aliphatic hydroxyl groups is 1. The number of carbonyl (C=O) groups excluding carboxylic acids is 2. The van der Waals surface area contributed by atoms with E-state index in [0.29, 0.717) is 0 Å². The third kappa shape index (κ3) is 99.9. The smallest absolute Gasteiger partial charge is 0.373 e. The van der Waals surface area contributed by atoms with Gasteiger partial charge in [0.05, 0.1) is 0 Å². The molecule has 0 rings (SSSR count). The summed E-state index contributed by atoms with van der Waals surface area (Å²) in [6.07, 6.45) is 0.250. The molecule has 0 saturated carbocycles. The van der Waals surface area contributed by atoms with Crippen LogP contribution in [0.5, 0.6) is 0 Å². The number of rotatable bonds is 0. The van der Waals surface area contributed by atoms with Crippen LogP contribution < -0.4 is 0 Å². The average Bonchev–Trinajstić information content (AvgIpc) is 1.75. The molecular weight excluding hydrogens is 108 g/mol. The van der Waals surface area contributed by atoms with Crippen LogP contribution in [0.25, 0.3) is 0 Å². The van der Waals surface area contributed by atoms with E-state index in [4.69, 9.17) is 14.7 Å². The van der Waals surface area contributed by atoms with Crippen molar-refractivity contribution in [2.24, 2.45) is 0 Å². The van der Waals surface area contributed by atoms with Gasteiger partial charge in [-0.3, -0.25) is 0 Å². The monoisotopic (exact) mass is 118 g/mol. The Morgan fingerprint density at radius 1 is 1.50 bits per heavy atom. The molecule has 8 heavy (non-hydrogen) atoms. The van der Waals surface area contributed by atoms with Crippen molar-refractivity contribution in [1.82, 2.24) is 0 Å². The molecule has 0 atom stereocenters. The highest BCUT2D eigenvalue weighted by molar-refractivity contribution is 5.20. The summed E-state index contributed by atoms with van der Waals surface area (Å²) in [5.74, 6) is 0. The van der Waals surface area contributed by atoms with Gasteiger partial charge in [-0.15, -0.1) is 13.2 Å². The molecular formula is C5H10O3. The maximum absolute atomic E-state index is 8.12. The third-order valence-corrected chi connectivity index (χ3v) is 0. The molecule has 0 aliphatic heterocycles. The lowest BCUT2D eigenvalue weighted by atomic mass is 10.9. The van der Waals surface area contributed by atoms with Crippen LogP contribution in [-0.4, -0.2) is 17.9 Å².